The highest BCUT2D eigenvalue weighted by Gasteiger charge is 2.16. The molecule has 1 heterocycles. The standard InChI is InChI=1S/C9H7ClN2O2S/c10-15(13,14)8-4-2-1-3-7(8)9-11-5-6-12-9/h1-6H,(H,11,12). The van der Waals surface area contributed by atoms with Crippen molar-refractivity contribution in [1.29, 1.82) is 0 Å². The SMILES string of the molecule is O=S(=O)(Cl)c1ccccc1-c1ncc[nH]1. The molecule has 1 N–H and O–H groups in total. The third kappa shape index (κ3) is 2.03. The lowest BCUT2D eigenvalue weighted by atomic mass is 10.2. The minimum absolute atomic E-state index is 0.0571. The van der Waals surface area contributed by atoms with E-state index < -0.39 is 9.05 Å². The van der Waals surface area contributed by atoms with Gasteiger partial charge < -0.3 is 4.98 Å². The normalized spacial score (nSPS) is 11.5. The number of H-pyrrole nitrogens is 1. The average Bonchev–Trinajstić information content (AvgIpc) is 2.69. The number of benzene rings is 1. The van der Waals surface area contributed by atoms with Crippen LogP contribution in [0.3, 0.4) is 0 Å². The first kappa shape index (κ1) is 10.2. The van der Waals surface area contributed by atoms with E-state index in [0.29, 0.717) is 11.4 Å². The van der Waals surface area contributed by atoms with E-state index in [-0.39, 0.29) is 4.90 Å². The fraction of sp³-hybridized carbons (Fsp3) is 0. The molecule has 0 atom stereocenters. The van der Waals surface area contributed by atoms with Gasteiger partial charge in [0.2, 0.25) is 0 Å². The lowest BCUT2D eigenvalue weighted by molar-refractivity contribution is 0.610. The Morgan fingerprint density at radius 3 is 2.60 bits per heavy atom. The highest BCUT2D eigenvalue weighted by Crippen LogP contribution is 2.26. The third-order valence-electron chi connectivity index (χ3n) is 1.90. The molecule has 1 aromatic heterocycles. The molecule has 4 nitrogen and oxygen atoms in total. The van der Waals surface area contributed by atoms with Gasteiger partial charge in [-0.05, 0) is 12.1 Å². The van der Waals surface area contributed by atoms with Crippen LogP contribution in [0.4, 0.5) is 0 Å². The molecule has 0 spiro atoms. The van der Waals surface area contributed by atoms with E-state index in [2.05, 4.69) is 9.97 Å². The molecule has 78 valence electrons. The van der Waals surface area contributed by atoms with Gasteiger partial charge in [-0.25, -0.2) is 13.4 Å². The first-order valence-corrected chi connectivity index (χ1v) is 6.43. The summed E-state index contributed by atoms with van der Waals surface area (Å²) in [6, 6.07) is 6.43. The second-order valence-electron chi connectivity index (χ2n) is 2.87. The van der Waals surface area contributed by atoms with Gasteiger partial charge in [0, 0.05) is 28.6 Å². The summed E-state index contributed by atoms with van der Waals surface area (Å²) in [7, 11) is 1.56. The predicted molar refractivity (Wildman–Crippen MR) is 57.1 cm³/mol. The summed E-state index contributed by atoms with van der Waals surface area (Å²) < 4.78 is 22.5. The number of hydrogen-bond donors (Lipinski definition) is 1. The first-order chi connectivity index (χ1) is 7.09. The number of imidazole rings is 1. The van der Waals surface area contributed by atoms with Crippen molar-refractivity contribution in [2.75, 3.05) is 0 Å². The van der Waals surface area contributed by atoms with Gasteiger partial charge in [-0.15, -0.1) is 0 Å². The van der Waals surface area contributed by atoms with E-state index in [0.717, 1.165) is 0 Å². The Labute approximate surface area is 91.3 Å². The second kappa shape index (κ2) is 3.67. The van der Waals surface area contributed by atoms with Crippen molar-refractivity contribution < 1.29 is 8.42 Å². The molecule has 6 heteroatoms. The molecular formula is C9H7ClN2O2S. The van der Waals surface area contributed by atoms with Gasteiger partial charge in [0.25, 0.3) is 9.05 Å². The van der Waals surface area contributed by atoms with Crippen LogP contribution in [-0.2, 0) is 9.05 Å². The highest BCUT2D eigenvalue weighted by molar-refractivity contribution is 8.13. The molecule has 0 amide bonds. The number of aromatic amines is 1. The zero-order valence-corrected chi connectivity index (χ0v) is 9.09. The number of hydrogen-bond acceptors (Lipinski definition) is 3. The van der Waals surface area contributed by atoms with E-state index in [9.17, 15) is 8.42 Å². The number of nitrogens with one attached hydrogen (secondary N) is 1. The molecule has 0 aliphatic heterocycles. The van der Waals surface area contributed by atoms with Crippen LogP contribution in [0.2, 0.25) is 0 Å². The molecule has 0 saturated carbocycles. The summed E-state index contributed by atoms with van der Waals surface area (Å²) in [5.74, 6) is 0.481. The Bertz CT molecular complexity index is 564. The molecule has 0 aliphatic carbocycles. The first-order valence-electron chi connectivity index (χ1n) is 4.12. The van der Waals surface area contributed by atoms with Crippen molar-refractivity contribution in [1.82, 2.24) is 9.97 Å². The largest absolute Gasteiger partial charge is 0.345 e. The molecule has 15 heavy (non-hydrogen) atoms. The maximum Gasteiger partial charge on any atom is 0.262 e. The molecule has 0 radical (unpaired) electrons. The van der Waals surface area contributed by atoms with Gasteiger partial charge in [-0.1, -0.05) is 12.1 Å². The van der Waals surface area contributed by atoms with Gasteiger partial charge >= 0.3 is 0 Å². The summed E-state index contributed by atoms with van der Waals surface area (Å²) in [5.41, 5.74) is 0.470. The van der Waals surface area contributed by atoms with Gasteiger partial charge in [-0.2, -0.15) is 0 Å². The Balaban J connectivity index is 2.68. The van der Waals surface area contributed by atoms with Gasteiger partial charge in [0.15, 0.2) is 0 Å². The average molecular weight is 243 g/mol. The van der Waals surface area contributed by atoms with Crippen molar-refractivity contribution >= 4 is 19.7 Å². The Morgan fingerprint density at radius 2 is 2.00 bits per heavy atom. The van der Waals surface area contributed by atoms with Crippen LogP contribution in [0.1, 0.15) is 0 Å². The monoisotopic (exact) mass is 242 g/mol. The Kier molecular flexibility index (Phi) is 2.50. The van der Waals surface area contributed by atoms with Crippen molar-refractivity contribution in [3.8, 4) is 11.4 Å². The molecule has 2 aromatic rings. The number of halogens is 1. The summed E-state index contributed by atoms with van der Waals surface area (Å²) in [6.45, 7) is 0. The van der Waals surface area contributed by atoms with E-state index in [1.54, 1.807) is 30.6 Å². The second-order valence-corrected chi connectivity index (χ2v) is 5.41. The summed E-state index contributed by atoms with van der Waals surface area (Å²) in [4.78, 5) is 6.87. The van der Waals surface area contributed by atoms with Crippen LogP contribution in [-0.4, -0.2) is 18.4 Å². The zero-order valence-electron chi connectivity index (χ0n) is 7.51. The lowest BCUT2D eigenvalue weighted by Crippen LogP contribution is -1.95. The van der Waals surface area contributed by atoms with Crippen LogP contribution in [0.5, 0.6) is 0 Å². The van der Waals surface area contributed by atoms with E-state index in [1.165, 1.54) is 6.07 Å². The molecule has 0 bridgehead atoms. The summed E-state index contributed by atoms with van der Waals surface area (Å²) >= 11 is 0. The third-order valence-corrected chi connectivity index (χ3v) is 3.28. The fourth-order valence-corrected chi connectivity index (χ4v) is 2.36. The maximum atomic E-state index is 11.3. The molecular weight excluding hydrogens is 236 g/mol. The minimum atomic E-state index is -3.75. The molecule has 1 aromatic carbocycles. The number of aromatic nitrogens is 2. The van der Waals surface area contributed by atoms with Crippen LogP contribution in [0, 0.1) is 0 Å². The van der Waals surface area contributed by atoms with E-state index in [1.807, 2.05) is 0 Å². The molecule has 2 rings (SSSR count). The molecule has 0 aliphatic rings. The predicted octanol–water partition coefficient (Wildman–Crippen LogP) is 2.00. The van der Waals surface area contributed by atoms with Crippen molar-refractivity contribution in [3.05, 3.63) is 36.7 Å². The number of nitrogens with zero attached hydrogens (tertiary/aromatic N) is 1. The smallest absolute Gasteiger partial charge is 0.262 e. The van der Waals surface area contributed by atoms with Crippen molar-refractivity contribution in [2.45, 2.75) is 4.90 Å². The molecule has 0 fully saturated rings. The lowest BCUT2D eigenvalue weighted by Gasteiger charge is -2.02. The fourth-order valence-electron chi connectivity index (χ4n) is 1.29. The van der Waals surface area contributed by atoms with Crippen LogP contribution in [0.25, 0.3) is 11.4 Å². The minimum Gasteiger partial charge on any atom is -0.345 e. The van der Waals surface area contributed by atoms with Gasteiger partial charge in [0.05, 0.1) is 4.90 Å². The zero-order chi connectivity index (χ0) is 10.9. The number of rotatable bonds is 2. The highest BCUT2D eigenvalue weighted by atomic mass is 35.7. The van der Waals surface area contributed by atoms with Crippen molar-refractivity contribution in [3.63, 3.8) is 0 Å². The van der Waals surface area contributed by atoms with Crippen molar-refractivity contribution in [2.24, 2.45) is 0 Å². The maximum absolute atomic E-state index is 11.3. The van der Waals surface area contributed by atoms with Gasteiger partial charge in [-0.3, -0.25) is 0 Å². The van der Waals surface area contributed by atoms with E-state index in [4.69, 9.17) is 10.7 Å². The van der Waals surface area contributed by atoms with E-state index >= 15 is 0 Å². The van der Waals surface area contributed by atoms with Crippen LogP contribution < -0.4 is 0 Å². The van der Waals surface area contributed by atoms with Gasteiger partial charge in [0.1, 0.15) is 5.82 Å². The van der Waals surface area contributed by atoms with Crippen LogP contribution in [0.15, 0.2) is 41.6 Å². The summed E-state index contributed by atoms with van der Waals surface area (Å²) in [5, 5.41) is 0. The van der Waals surface area contributed by atoms with Crippen LogP contribution >= 0.6 is 10.7 Å². The Morgan fingerprint density at radius 1 is 1.27 bits per heavy atom. The topological polar surface area (TPSA) is 62.8 Å². The molecule has 0 unspecified atom stereocenters. The quantitative estimate of drug-likeness (QED) is 0.820. The Hall–Kier alpha value is -1.33. The molecule has 0 saturated heterocycles. The summed E-state index contributed by atoms with van der Waals surface area (Å²) in [6.07, 6.45) is 3.17.